The first-order valence-electron chi connectivity index (χ1n) is 6.34. The highest BCUT2D eigenvalue weighted by atomic mass is 79.9. The first-order chi connectivity index (χ1) is 9.43. The Labute approximate surface area is 144 Å². The van der Waals surface area contributed by atoms with E-state index in [1.54, 1.807) is 0 Å². The summed E-state index contributed by atoms with van der Waals surface area (Å²) < 4.78 is 5.05. The molecule has 0 amide bonds. The summed E-state index contributed by atoms with van der Waals surface area (Å²) in [6.45, 7) is 2.10. The molecule has 0 saturated carbocycles. The van der Waals surface area contributed by atoms with Crippen molar-refractivity contribution in [3.05, 3.63) is 48.6 Å². The molecule has 2 N–H and O–H groups in total. The van der Waals surface area contributed by atoms with E-state index in [0.29, 0.717) is 0 Å². The Morgan fingerprint density at radius 3 is 2.55 bits per heavy atom. The van der Waals surface area contributed by atoms with Gasteiger partial charge in [-0.15, -0.1) is 0 Å². The van der Waals surface area contributed by atoms with Crippen LogP contribution in [0.15, 0.2) is 31.6 Å². The Morgan fingerprint density at radius 2 is 2.00 bits per heavy atom. The molecule has 1 aromatic heterocycles. The zero-order valence-electron chi connectivity index (χ0n) is 11.3. The summed E-state index contributed by atoms with van der Waals surface area (Å²) in [6, 6.07) is 6.00. The summed E-state index contributed by atoms with van der Waals surface area (Å²) in [5.41, 5.74) is 9.66. The van der Waals surface area contributed by atoms with E-state index in [-0.39, 0.29) is 6.04 Å². The molecule has 6 heteroatoms. The number of aromatic nitrogens is 2. The van der Waals surface area contributed by atoms with Crippen LogP contribution in [0, 0.1) is 0 Å². The molecule has 0 fully saturated rings. The summed E-state index contributed by atoms with van der Waals surface area (Å²) in [4.78, 5) is 0. The van der Waals surface area contributed by atoms with Crippen LogP contribution in [-0.2, 0) is 19.9 Å². The van der Waals surface area contributed by atoms with Gasteiger partial charge in [0.15, 0.2) is 0 Å². The van der Waals surface area contributed by atoms with Crippen molar-refractivity contribution in [1.82, 2.24) is 9.78 Å². The lowest BCUT2D eigenvalue weighted by atomic mass is 10.0. The molecular formula is C14H16Br3N3. The third-order valence-electron chi connectivity index (χ3n) is 3.28. The third-order valence-corrected chi connectivity index (χ3v) is 5.37. The van der Waals surface area contributed by atoms with Crippen LogP contribution in [0.1, 0.15) is 29.9 Å². The van der Waals surface area contributed by atoms with Gasteiger partial charge in [0.1, 0.15) is 0 Å². The molecule has 0 aliphatic heterocycles. The molecule has 0 aliphatic carbocycles. The maximum atomic E-state index is 6.36. The van der Waals surface area contributed by atoms with Crippen molar-refractivity contribution in [3.8, 4) is 0 Å². The molecule has 2 rings (SSSR count). The Balaban J connectivity index is 2.27. The lowest BCUT2D eigenvalue weighted by Gasteiger charge is -2.15. The van der Waals surface area contributed by atoms with Crippen LogP contribution < -0.4 is 5.73 Å². The van der Waals surface area contributed by atoms with Gasteiger partial charge in [-0.05, 0) is 40.0 Å². The van der Waals surface area contributed by atoms with E-state index in [1.165, 1.54) is 0 Å². The first-order valence-corrected chi connectivity index (χ1v) is 8.72. The van der Waals surface area contributed by atoms with Crippen LogP contribution in [0.25, 0.3) is 0 Å². The molecule has 1 atom stereocenters. The highest BCUT2D eigenvalue weighted by Gasteiger charge is 2.18. The van der Waals surface area contributed by atoms with Crippen molar-refractivity contribution < 1.29 is 0 Å². The molecule has 2 aromatic rings. The van der Waals surface area contributed by atoms with Gasteiger partial charge in [0.2, 0.25) is 0 Å². The molecule has 108 valence electrons. The number of benzene rings is 1. The van der Waals surface area contributed by atoms with E-state index in [2.05, 4.69) is 59.8 Å². The number of rotatable bonds is 4. The van der Waals surface area contributed by atoms with Crippen molar-refractivity contribution in [2.45, 2.75) is 25.8 Å². The maximum Gasteiger partial charge on any atom is 0.0766 e. The summed E-state index contributed by atoms with van der Waals surface area (Å²) in [7, 11) is 1.96. The predicted octanol–water partition coefficient (Wildman–Crippen LogP) is 4.51. The van der Waals surface area contributed by atoms with Crippen LogP contribution in [0.2, 0.25) is 0 Å². The molecular weight excluding hydrogens is 450 g/mol. The first kappa shape index (κ1) is 16.2. The van der Waals surface area contributed by atoms with Gasteiger partial charge in [-0.25, -0.2) is 0 Å². The van der Waals surface area contributed by atoms with Crippen molar-refractivity contribution in [2.75, 3.05) is 0 Å². The Kier molecular flexibility index (Phi) is 5.45. The lowest BCUT2D eigenvalue weighted by molar-refractivity contribution is 0.635. The minimum atomic E-state index is -0.0751. The van der Waals surface area contributed by atoms with Gasteiger partial charge in [0.25, 0.3) is 0 Å². The Hall–Kier alpha value is -0.170. The van der Waals surface area contributed by atoms with E-state index in [0.717, 1.165) is 43.2 Å². The lowest BCUT2D eigenvalue weighted by Crippen LogP contribution is -2.16. The number of hydrogen-bond acceptors (Lipinski definition) is 2. The average molecular weight is 466 g/mol. The topological polar surface area (TPSA) is 43.8 Å². The molecule has 0 radical (unpaired) electrons. The number of halogens is 3. The molecule has 20 heavy (non-hydrogen) atoms. The van der Waals surface area contributed by atoms with Crippen molar-refractivity contribution in [2.24, 2.45) is 12.8 Å². The van der Waals surface area contributed by atoms with E-state index < -0.39 is 0 Å². The van der Waals surface area contributed by atoms with Crippen LogP contribution in [0.4, 0.5) is 0 Å². The minimum Gasteiger partial charge on any atom is -0.324 e. The maximum absolute atomic E-state index is 6.36. The van der Waals surface area contributed by atoms with Crippen LogP contribution >= 0.6 is 47.8 Å². The minimum absolute atomic E-state index is 0.0751. The molecule has 1 heterocycles. The fourth-order valence-corrected chi connectivity index (χ4v) is 4.28. The molecule has 0 saturated heterocycles. The van der Waals surface area contributed by atoms with Crippen LogP contribution in [0.5, 0.6) is 0 Å². The predicted molar refractivity (Wildman–Crippen MR) is 92.8 cm³/mol. The smallest absolute Gasteiger partial charge is 0.0766 e. The molecule has 0 bridgehead atoms. The standard InChI is InChI=1S/C14H16Br3N3/c1-3-12-14(17)13(20(2)19-12)7-11(18)9-5-4-8(15)6-10(9)16/h4-6,11H,3,7,18H2,1-2H3. The van der Waals surface area contributed by atoms with E-state index >= 15 is 0 Å². The van der Waals surface area contributed by atoms with Crippen molar-refractivity contribution in [3.63, 3.8) is 0 Å². The molecule has 1 unspecified atom stereocenters. The van der Waals surface area contributed by atoms with E-state index in [1.807, 2.05) is 29.9 Å². The highest BCUT2D eigenvalue weighted by molar-refractivity contribution is 9.11. The van der Waals surface area contributed by atoms with E-state index in [4.69, 9.17) is 5.73 Å². The zero-order valence-corrected chi connectivity index (χ0v) is 16.1. The van der Waals surface area contributed by atoms with Gasteiger partial charge in [-0.2, -0.15) is 5.10 Å². The second-order valence-electron chi connectivity index (χ2n) is 4.66. The Bertz CT molecular complexity index is 622. The molecule has 0 aliphatic rings. The number of aryl methyl sites for hydroxylation is 2. The molecule has 3 nitrogen and oxygen atoms in total. The second-order valence-corrected chi connectivity index (χ2v) is 7.22. The zero-order chi connectivity index (χ0) is 14.9. The molecule has 1 aromatic carbocycles. The van der Waals surface area contributed by atoms with Crippen molar-refractivity contribution in [1.29, 1.82) is 0 Å². The fraction of sp³-hybridized carbons (Fsp3) is 0.357. The second kappa shape index (κ2) is 6.73. The number of nitrogens with two attached hydrogens (primary N) is 1. The number of nitrogens with zero attached hydrogens (tertiary/aromatic N) is 2. The normalized spacial score (nSPS) is 12.7. The summed E-state index contributed by atoms with van der Waals surface area (Å²) in [5.74, 6) is 0. The largest absolute Gasteiger partial charge is 0.324 e. The van der Waals surface area contributed by atoms with Gasteiger partial charge in [-0.1, -0.05) is 44.8 Å². The van der Waals surface area contributed by atoms with Crippen LogP contribution in [0.3, 0.4) is 0 Å². The van der Waals surface area contributed by atoms with Gasteiger partial charge in [0, 0.05) is 28.5 Å². The van der Waals surface area contributed by atoms with Crippen LogP contribution in [-0.4, -0.2) is 9.78 Å². The van der Waals surface area contributed by atoms with E-state index in [9.17, 15) is 0 Å². The third kappa shape index (κ3) is 3.35. The van der Waals surface area contributed by atoms with Crippen molar-refractivity contribution >= 4 is 47.8 Å². The number of hydrogen-bond donors (Lipinski definition) is 1. The van der Waals surface area contributed by atoms with Gasteiger partial charge >= 0.3 is 0 Å². The SMILES string of the molecule is CCc1nn(C)c(CC(N)c2ccc(Br)cc2Br)c1Br. The van der Waals surface area contributed by atoms with Gasteiger partial charge < -0.3 is 5.73 Å². The summed E-state index contributed by atoms with van der Waals surface area (Å²) >= 11 is 10.7. The highest BCUT2D eigenvalue weighted by Crippen LogP contribution is 2.30. The fourth-order valence-electron chi connectivity index (χ4n) is 2.16. The average Bonchev–Trinajstić information content (AvgIpc) is 2.66. The Morgan fingerprint density at radius 1 is 1.30 bits per heavy atom. The van der Waals surface area contributed by atoms with Gasteiger partial charge in [0.05, 0.1) is 15.9 Å². The van der Waals surface area contributed by atoms with Gasteiger partial charge in [-0.3, -0.25) is 4.68 Å². The molecule has 0 spiro atoms. The monoisotopic (exact) mass is 463 g/mol. The summed E-state index contributed by atoms with van der Waals surface area (Å²) in [6.07, 6.45) is 1.65. The summed E-state index contributed by atoms with van der Waals surface area (Å²) in [5, 5.41) is 4.51. The quantitative estimate of drug-likeness (QED) is 0.721.